The van der Waals surface area contributed by atoms with E-state index in [0.717, 1.165) is 0 Å². The van der Waals surface area contributed by atoms with E-state index in [2.05, 4.69) is 10.3 Å². The molecule has 0 aliphatic heterocycles. The highest BCUT2D eigenvalue weighted by Crippen LogP contribution is 2.15. The van der Waals surface area contributed by atoms with Crippen LogP contribution in [0.3, 0.4) is 0 Å². The van der Waals surface area contributed by atoms with E-state index in [4.69, 9.17) is 11.6 Å². The van der Waals surface area contributed by atoms with Crippen LogP contribution in [-0.4, -0.2) is 28.5 Å². The van der Waals surface area contributed by atoms with Crippen LogP contribution in [0.25, 0.3) is 0 Å². The molecule has 1 aromatic heterocycles. The molecule has 2 N–H and O–H groups in total. The van der Waals surface area contributed by atoms with Crippen LogP contribution in [0.15, 0.2) is 48.7 Å². The molecule has 108 valence electrons. The number of carbonyl (C=O) groups is 2. The largest absolute Gasteiger partial charge is 0.481 e. The van der Waals surface area contributed by atoms with E-state index in [1.54, 1.807) is 30.3 Å². The van der Waals surface area contributed by atoms with Crippen molar-refractivity contribution in [1.82, 2.24) is 10.3 Å². The molecule has 0 fully saturated rings. The first-order valence-electron chi connectivity index (χ1n) is 6.25. The van der Waals surface area contributed by atoms with E-state index >= 15 is 0 Å². The van der Waals surface area contributed by atoms with Crippen LogP contribution in [-0.2, 0) is 4.79 Å². The predicted octanol–water partition coefficient (Wildman–Crippen LogP) is 2.33. The van der Waals surface area contributed by atoms with Gasteiger partial charge in [-0.25, -0.2) is 4.98 Å². The van der Waals surface area contributed by atoms with E-state index in [-0.39, 0.29) is 17.6 Å². The minimum atomic E-state index is -0.991. The lowest BCUT2D eigenvalue weighted by Gasteiger charge is -2.13. The molecular formula is C15H13ClN2O3. The molecular weight excluding hydrogens is 292 g/mol. The molecule has 2 aromatic rings. The maximum Gasteiger partial charge on any atom is 0.312 e. The van der Waals surface area contributed by atoms with E-state index in [1.807, 2.05) is 0 Å². The predicted molar refractivity (Wildman–Crippen MR) is 78.4 cm³/mol. The van der Waals surface area contributed by atoms with Crippen LogP contribution >= 0.6 is 11.6 Å². The average molecular weight is 305 g/mol. The van der Waals surface area contributed by atoms with E-state index in [9.17, 15) is 14.7 Å². The van der Waals surface area contributed by atoms with Gasteiger partial charge < -0.3 is 10.4 Å². The van der Waals surface area contributed by atoms with Crippen molar-refractivity contribution in [1.29, 1.82) is 0 Å². The van der Waals surface area contributed by atoms with Crippen molar-refractivity contribution in [3.8, 4) is 0 Å². The van der Waals surface area contributed by atoms with Gasteiger partial charge in [-0.15, -0.1) is 0 Å². The molecule has 1 heterocycles. The van der Waals surface area contributed by atoms with Gasteiger partial charge in [0.25, 0.3) is 5.91 Å². The Morgan fingerprint density at radius 1 is 1.24 bits per heavy atom. The average Bonchev–Trinajstić information content (AvgIpc) is 2.48. The minimum Gasteiger partial charge on any atom is -0.481 e. The quantitative estimate of drug-likeness (QED) is 0.831. The van der Waals surface area contributed by atoms with Crippen molar-refractivity contribution in [2.45, 2.75) is 5.92 Å². The summed E-state index contributed by atoms with van der Waals surface area (Å²) in [6.45, 7) is -0.00186. The van der Waals surface area contributed by atoms with Gasteiger partial charge >= 0.3 is 5.97 Å². The third kappa shape index (κ3) is 4.03. The lowest BCUT2D eigenvalue weighted by Crippen LogP contribution is -2.31. The smallest absolute Gasteiger partial charge is 0.312 e. The molecule has 0 spiro atoms. The molecule has 21 heavy (non-hydrogen) atoms. The first-order chi connectivity index (χ1) is 10.1. The molecule has 5 nitrogen and oxygen atoms in total. The van der Waals surface area contributed by atoms with Gasteiger partial charge in [-0.1, -0.05) is 41.9 Å². The Morgan fingerprint density at radius 3 is 2.57 bits per heavy atom. The number of carbonyl (C=O) groups excluding carboxylic acids is 1. The molecule has 0 aliphatic carbocycles. The number of carboxylic acid groups (broad SMARTS) is 1. The Bertz CT molecular complexity index is 646. The van der Waals surface area contributed by atoms with Gasteiger partial charge in [0.05, 0.1) is 5.92 Å². The summed E-state index contributed by atoms with van der Waals surface area (Å²) in [5.74, 6) is -2.18. The number of hydrogen-bond acceptors (Lipinski definition) is 3. The molecule has 2 rings (SSSR count). The topological polar surface area (TPSA) is 79.3 Å². The minimum absolute atomic E-state index is 0.00186. The van der Waals surface area contributed by atoms with Crippen LogP contribution in [0.5, 0.6) is 0 Å². The molecule has 1 aromatic carbocycles. The van der Waals surface area contributed by atoms with Crippen LogP contribution < -0.4 is 5.32 Å². The highest BCUT2D eigenvalue weighted by molar-refractivity contribution is 6.29. The zero-order valence-corrected chi connectivity index (χ0v) is 11.7. The van der Waals surface area contributed by atoms with E-state index in [0.29, 0.717) is 11.1 Å². The van der Waals surface area contributed by atoms with E-state index < -0.39 is 11.9 Å². The monoisotopic (exact) mass is 304 g/mol. The maximum absolute atomic E-state index is 12.0. The van der Waals surface area contributed by atoms with Crippen LogP contribution in [0.4, 0.5) is 0 Å². The number of carboxylic acids is 1. The summed E-state index contributed by atoms with van der Waals surface area (Å²) < 4.78 is 0. The van der Waals surface area contributed by atoms with Crippen molar-refractivity contribution in [3.05, 3.63) is 64.9 Å². The number of halogens is 1. The van der Waals surface area contributed by atoms with Crippen molar-refractivity contribution >= 4 is 23.5 Å². The summed E-state index contributed by atoms with van der Waals surface area (Å²) in [6.07, 6.45) is 1.42. The maximum atomic E-state index is 12.0. The number of nitrogens with zero attached hydrogens (tertiary/aromatic N) is 1. The fraction of sp³-hybridized carbons (Fsp3) is 0.133. The molecule has 0 radical (unpaired) electrons. The third-order valence-electron chi connectivity index (χ3n) is 2.96. The Balaban J connectivity index is 2.06. The number of nitrogens with one attached hydrogen (secondary N) is 1. The Labute approximate surface area is 126 Å². The molecule has 0 saturated carbocycles. The molecule has 0 saturated heterocycles. The summed E-state index contributed by atoms with van der Waals surface area (Å²) >= 11 is 5.71. The Kier molecular flexibility index (Phi) is 4.90. The van der Waals surface area contributed by atoms with Crippen LogP contribution in [0, 0.1) is 0 Å². The van der Waals surface area contributed by atoms with Gasteiger partial charge in [0.1, 0.15) is 5.15 Å². The number of benzene rings is 1. The molecule has 0 bridgehead atoms. The molecule has 6 heteroatoms. The fourth-order valence-electron chi connectivity index (χ4n) is 1.87. The second-order valence-electron chi connectivity index (χ2n) is 4.38. The number of amides is 1. The van der Waals surface area contributed by atoms with E-state index in [1.165, 1.54) is 18.3 Å². The van der Waals surface area contributed by atoms with Gasteiger partial charge in [0.2, 0.25) is 0 Å². The zero-order valence-electron chi connectivity index (χ0n) is 11.0. The first kappa shape index (κ1) is 15.0. The van der Waals surface area contributed by atoms with Gasteiger partial charge in [0, 0.05) is 18.3 Å². The molecule has 0 aliphatic rings. The van der Waals surface area contributed by atoms with Gasteiger partial charge in [-0.05, 0) is 17.7 Å². The summed E-state index contributed by atoms with van der Waals surface area (Å²) in [6, 6.07) is 11.7. The normalized spacial score (nSPS) is 11.7. The second kappa shape index (κ2) is 6.85. The van der Waals surface area contributed by atoms with Crippen LogP contribution in [0.2, 0.25) is 5.15 Å². The number of pyridine rings is 1. The van der Waals surface area contributed by atoms with Crippen molar-refractivity contribution < 1.29 is 14.7 Å². The van der Waals surface area contributed by atoms with Crippen LogP contribution in [0.1, 0.15) is 21.8 Å². The third-order valence-corrected chi connectivity index (χ3v) is 3.16. The van der Waals surface area contributed by atoms with Gasteiger partial charge in [-0.3, -0.25) is 9.59 Å². The standard InChI is InChI=1S/C15H13ClN2O3/c16-13-8-11(6-7-17-13)14(19)18-9-12(15(20)21)10-4-2-1-3-5-10/h1-8,12H,9H2,(H,18,19)(H,20,21)/t12-/m1/s1. The summed E-state index contributed by atoms with van der Waals surface area (Å²) in [7, 11) is 0. The summed E-state index contributed by atoms with van der Waals surface area (Å²) in [5.41, 5.74) is 0.977. The number of aromatic nitrogens is 1. The second-order valence-corrected chi connectivity index (χ2v) is 4.77. The fourth-order valence-corrected chi connectivity index (χ4v) is 2.05. The Morgan fingerprint density at radius 2 is 1.95 bits per heavy atom. The highest BCUT2D eigenvalue weighted by atomic mass is 35.5. The van der Waals surface area contributed by atoms with Crippen molar-refractivity contribution in [2.24, 2.45) is 0 Å². The van der Waals surface area contributed by atoms with Gasteiger partial charge in [0.15, 0.2) is 0 Å². The SMILES string of the molecule is O=C(NC[C@@H](C(=O)O)c1ccccc1)c1ccnc(Cl)c1. The molecule has 1 amide bonds. The van der Waals surface area contributed by atoms with Crippen molar-refractivity contribution in [3.63, 3.8) is 0 Å². The zero-order chi connectivity index (χ0) is 15.2. The summed E-state index contributed by atoms with van der Waals surface area (Å²) in [4.78, 5) is 27.1. The first-order valence-corrected chi connectivity index (χ1v) is 6.63. The summed E-state index contributed by atoms with van der Waals surface area (Å²) in [5, 5.41) is 12.1. The highest BCUT2D eigenvalue weighted by Gasteiger charge is 2.20. The van der Waals surface area contributed by atoms with Gasteiger partial charge in [-0.2, -0.15) is 0 Å². The number of rotatable bonds is 5. The Hall–Kier alpha value is -2.40. The molecule has 0 unspecified atom stereocenters. The number of hydrogen-bond donors (Lipinski definition) is 2. The van der Waals surface area contributed by atoms with Crippen molar-refractivity contribution in [2.75, 3.05) is 6.54 Å². The lowest BCUT2D eigenvalue weighted by molar-refractivity contribution is -0.138. The molecule has 1 atom stereocenters. The number of aliphatic carboxylic acids is 1. The lowest BCUT2D eigenvalue weighted by atomic mass is 9.99.